The van der Waals surface area contributed by atoms with Crippen LogP contribution < -0.4 is 5.32 Å². The predicted molar refractivity (Wildman–Crippen MR) is 51.0 cm³/mol. The molecule has 1 amide bonds. The van der Waals surface area contributed by atoms with E-state index >= 15 is 0 Å². The number of nitrogens with one attached hydrogen (secondary N) is 1. The van der Waals surface area contributed by atoms with Gasteiger partial charge in [0.05, 0.1) is 19.3 Å². The minimum absolute atomic E-state index is 0.194. The quantitative estimate of drug-likeness (QED) is 0.434. The third-order valence-electron chi connectivity index (χ3n) is 2.53. The first-order chi connectivity index (χ1) is 7.06. The lowest BCUT2D eigenvalue weighted by Gasteiger charge is -2.36. The molecule has 1 aliphatic rings. The van der Waals surface area contributed by atoms with E-state index < -0.39 is 18.3 Å². The average molecular weight is 219 g/mol. The van der Waals surface area contributed by atoms with Gasteiger partial charge in [-0.1, -0.05) is 0 Å². The summed E-state index contributed by atoms with van der Waals surface area (Å²) in [6.07, 6.45) is -2.83. The van der Waals surface area contributed by atoms with E-state index in [9.17, 15) is 15.0 Å². The van der Waals surface area contributed by atoms with E-state index in [4.69, 9.17) is 9.84 Å². The number of hydrogen-bond donors (Lipinski definition) is 4. The maximum Gasteiger partial charge on any atom is 0.216 e. The Labute approximate surface area is 87.9 Å². The molecule has 1 rings (SSSR count). The van der Waals surface area contributed by atoms with Gasteiger partial charge in [-0.15, -0.1) is 0 Å². The maximum absolute atomic E-state index is 10.7. The minimum atomic E-state index is -1.11. The normalized spacial score (nSPS) is 36.3. The Morgan fingerprint density at radius 3 is 2.67 bits per heavy atom. The molecule has 1 heterocycles. The summed E-state index contributed by atoms with van der Waals surface area (Å²) in [6, 6.07) is 0. The summed E-state index contributed by atoms with van der Waals surface area (Å²) in [7, 11) is 0. The van der Waals surface area contributed by atoms with Gasteiger partial charge in [-0.2, -0.15) is 0 Å². The van der Waals surface area contributed by atoms with Gasteiger partial charge in [-0.3, -0.25) is 4.79 Å². The van der Waals surface area contributed by atoms with Crippen molar-refractivity contribution in [3.63, 3.8) is 0 Å². The number of carbonyl (C=O) groups excluding carboxylic acids is 1. The van der Waals surface area contributed by atoms with Crippen molar-refractivity contribution in [3.8, 4) is 0 Å². The predicted octanol–water partition coefficient (Wildman–Crippen LogP) is -2.15. The van der Waals surface area contributed by atoms with Crippen LogP contribution >= 0.6 is 0 Å². The van der Waals surface area contributed by atoms with E-state index in [1.54, 1.807) is 0 Å². The fourth-order valence-corrected chi connectivity index (χ4v) is 1.56. The first-order valence-electron chi connectivity index (χ1n) is 4.89. The maximum atomic E-state index is 10.7. The summed E-state index contributed by atoms with van der Waals surface area (Å²) in [5, 5.41) is 30.5. The van der Waals surface area contributed by atoms with Crippen LogP contribution in [0.4, 0.5) is 0 Å². The largest absolute Gasteiger partial charge is 0.394 e. The second-order valence-corrected chi connectivity index (χ2v) is 3.73. The highest BCUT2D eigenvalue weighted by atomic mass is 16.5. The fraction of sp³-hybridized carbons (Fsp3) is 0.889. The van der Waals surface area contributed by atoms with Gasteiger partial charge in [0.25, 0.3) is 0 Å². The second-order valence-electron chi connectivity index (χ2n) is 3.73. The number of rotatable bonds is 3. The molecule has 88 valence electrons. The zero-order chi connectivity index (χ0) is 11.4. The van der Waals surface area contributed by atoms with Crippen LogP contribution in [0.3, 0.4) is 0 Å². The van der Waals surface area contributed by atoms with Gasteiger partial charge in [0.1, 0.15) is 12.2 Å². The third-order valence-corrected chi connectivity index (χ3v) is 2.53. The van der Waals surface area contributed by atoms with Crippen LogP contribution in [-0.2, 0) is 9.53 Å². The molecule has 0 aromatic rings. The molecule has 1 aliphatic heterocycles. The van der Waals surface area contributed by atoms with Gasteiger partial charge in [0, 0.05) is 19.4 Å². The van der Waals surface area contributed by atoms with Crippen LogP contribution in [0.15, 0.2) is 0 Å². The summed E-state index contributed by atoms with van der Waals surface area (Å²) in [4.78, 5) is 10.7. The van der Waals surface area contributed by atoms with E-state index in [2.05, 4.69) is 5.32 Å². The lowest BCUT2D eigenvalue weighted by molar-refractivity contribution is -0.173. The van der Waals surface area contributed by atoms with Crippen molar-refractivity contribution >= 4 is 5.91 Å². The Morgan fingerprint density at radius 1 is 1.47 bits per heavy atom. The van der Waals surface area contributed by atoms with Gasteiger partial charge >= 0.3 is 0 Å². The molecule has 1 fully saturated rings. The summed E-state index contributed by atoms with van der Waals surface area (Å²) in [6.45, 7) is 1.52. The van der Waals surface area contributed by atoms with Crippen LogP contribution in [0.1, 0.15) is 6.92 Å². The Kier molecular flexibility index (Phi) is 4.46. The van der Waals surface area contributed by atoms with Gasteiger partial charge in [-0.05, 0) is 0 Å². The Balaban J connectivity index is 2.45. The first-order valence-corrected chi connectivity index (χ1v) is 4.89. The second kappa shape index (κ2) is 5.41. The molecule has 4 N–H and O–H groups in total. The van der Waals surface area contributed by atoms with Crippen LogP contribution in [0.2, 0.25) is 0 Å². The van der Waals surface area contributed by atoms with E-state index in [0.29, 0.717) is 0 Å². The van der Waals surface area contributed by atoms with Crippen molar-refractivity contribution < 1.29 is 24.9 Å². The van der Waals surface area contributed by atoms with Crippen LogP contribution in [-0.4, -0.2) is 59.3 Å². The number of carbonyl (C=O) groups is 1. The number of hydrogen-bond acceptors (Lipinski definition) is 5. The van der Waals surface area contributed by atoms with E-state index in [1.807, 2.05) is 0 Å². The van der Waals surface area contributed by atoms with Crippen LogP contribution in [0.25, 0.3) is 0 Å². The third kappa shape index (κ3) is 3.13. The van der Waals surface area contributed by atoms with Crippen molar-refractivity contribution in [1.82, 2.24) is 5.32 Å². The molecule has 1 saturated heterocycles. The molecule has 6 heteroatoms. The molecule has 0 radical (unpaired) electrons. The first kappa shape index (κ1) is 12.4. The molecule has 4 atom stereocenters. The molecule has 1 unspecified atom stereocenters. The van der Waals surface area contributed by atoms with Crippen molar-refractivity contribution in [2.75, 3.05) is 19.8 Å². The molecular formula is C9H17NO5. The highest BCUT2D eigenvalue weighted by Gasteiger charge is 2.37. The fourth-order valence-electron chi connectivity index (χ4n) is 1.56. The van der Waals surface area contributed by atoms with Crippen molar-refractivity contribution in [3.05, 3.63) is 0 Å². The molecule has 6 nitrogen and oxygen atoms in total. The molecular weight excluding hydrogens is 202 g/mol. The summed E-state index contributed by atoms with van der Waals surface area (Å²) in [5.41, 5.74) is 0. The summed E-state index contributed by atoms with van der Waals surface area (Å²) < 4.78 is 5.14. The highest BCUT2D eigenvalue weighted by Crippen LogP contribution is 2.19. The van der Waals surface area contributed by atoms with E-state index in [1.165, 1.54) is 6.92 Å². The lowest BCUT2D eigenvalue weighted by atomic mass is 9.92. The number of ether oxygens (including phenoxy) is 1. The number of aliphatic hydroxyl groups is 3. The highest BCUT2D eigenvalue weighted by molar-refractivity contribution is 5.72. The summed E-state index contributed by atoms with van der Waals surface area (Å²) in [5.74, 6) is -0.535. The van der Waals surface area contributed by atoms with Crippen LogP contribution in [0.5, 0.6) is 0 Å². The van der Waals surface area contributed by atoms with E-state index in [-0.39, 0.29) is 31.6 Å². The summed E-state index contributed by atoms with van der Waals surface area (Å²) >= 11 is 0. The SMILES string of the molecule is CC(=O)NCC1CO[C@H](CO)[C@H](O)[C@@H]1O. The molecule has 0 aromatic heterocycles. The standard InChI is InChI=1S/C9H17NO5/c1-5(12)10-2-6-4-15-7(3-11)9(14)8(6)13/h6-9,11,13-14H,2-4H2,1H3,(H,10,12)/t6?,7-,8-,9+/m1/s1. The Hall–Kier alpha value is -0.690. The van der Waals surface area contributed by atoms with Gasteiger partial charge < -0.3 is 25.4 Å². The number of amides is 1. The topological polar surface area (TPSA) is 99.0 Å². The van der Waals surface area contributed by atoms with Crippen molar-refractivity contribution in [2.24, 2.45) is 5.92 Å². The zero-order valence-corrected chi connectivity index (χ0v) is 8.59. The molecule has 0 aromatic carbocycles. The molecule has 0 bridgehead atoms. The van der Waals surface area contributed by atoms with Crippen molar-refractivity contribution in [2.45, 2.75) is 25.2 Å². The lowest BCUT2D eigenvalue weighted by Crippen LogP contribution is -2.54. The number of aliphatic hydroxyl groups excluding tert-OH is 3. The molecule has 0 spiro atoms. The van der Waals surface area contributed by atoms with Gasteiger partial charge in [-0.25, -0.2) is 0 Å². The smallest absolute Gasteiger partial charge is 0.216 e. The molecule has 0 aliphatic carbocycles. The average Bonchev–Trinajstić information content (AvgIpc) is 2.20. The minimum Gasteiger partial charge on any atom is -0.394 e. The molecule has 0 saturated carbocycles. The van der Waals surface area contributed by atoms with E-state index in [0.717, 1.165) is 0 Å². The molecule has 15 heavy (non-hydrogen) atoms. The zero-order valence-electron chi connectivity index (χ0n) is 8.59. The monoisotopic (exact) mass is 219 g/mol. The van der Waals surface area contributed by atoms with Crippen LogP contribution in [0, 0.1) is 5.92 Å². The Bertz CT molecular complexity index is 223. The van der Waals surface area contributed by atoms with Crippen molar-refractivity contribution in [1.29, 1.82) is 0 Å². The Morgan fingerprint density at radius 2 is 2.13 bits per heavy atom. The van der Waals surface area contributed by atoms with Gasteiger partial charge in [0.2, 0.25) is 5.91 Å². The van der Waals surface area contributed by atoms with Gasteiger partial charge in [0.15, 0.2) is 0 Å².